The van der Waals surface area contributed by atoms with Gasteiger partial charge in [0.05, 0.1) is 12.3 Å². The van der Waals surface area contributed by atoms with Crippen molar-refractivity contribution in [3.8, 4) is 17.0 Å². The van der Waals surface area contributed by atoms with E-state index < -0.39 is 0 Å². The van der Waals surface area contributed by atoms with Gasteiger partial charge >= 0.3 is 0 Å². The number of hydrogen-bond acceptors (Lipinski definition) is 4. The van der Waals surface area contributed by atoms with E-state index in [9.17, 15) is 4.79 Å². The summed E-state index contributed by atoms with van der Waals surface area (Å²) in [7, 11) is 0. The van der Waals surface area contributed by atoms with Crippen LogP contribution in [0.4, 0.5) is 5.13 Å². The molecule has 1 aromatic heterocycles. The standard InChI is InChI=1S/C20H16Br2N2O2S/c1-2-26-18-9-8-16(22)11-14(18)5-10-19(25)24-20-23-17(12-27-20)13-3-6-15(21)7-4-13/h3-12H,2H2,1H3,(H,23,24,25). The zero-order valence-corrected chi connectivity index (χ0v) is 18.4. The molecule has 0 fully saturated rings. The molecule has 0 saturated heterocycles. The Morgan fingerprint density at radius 3 is 2.67 bits per heavy atom. The summed E-state index contributed by atoms with van der Waals surface area (Å²) in [5, 5.41) is 5.28. The van der Waals surface area contributed by atoms with Crippen LogP contribution in [0.1, 0.15) is 12.5 Å². The fraction of sp³-hybridized carbons (Fsp3) is 0.100. The molecule has 0 saturated carbocycles. The van der Waals surface area contributed by atoms with Gasteiger partial charge in [0.15, 0.2) is 5.13 Å². The Morgan fingerprint density at radius 1 is 1.19 bits per heavy atom. The minimum atomic E-state index is -0.242. The third-order valence-corrected chi connectivity index (χ3v) is 5.34. The maximum Gasteiger partial charge on any atom is 0.250 e. The maximum absolute atomic E-state index is 12.2. The molecule has 1 N–H and O–H groups in total. The van der Waals surface area contributed by atoms with Gasteiger partial charge in [0.25, 0.3) is 0 Å². The SMILES string of the molecule is CCOc1ccc(Br)cc1C=CC(=O)Nc1nc(-c2ccc(Br)cc2)cs1. The van der Waals surface area contributed by atoms with E-state index in [-0.39, 0.29) is 5.91 Å². The smallest absolute Gasteiger partial charge is 0.250 e. The number of aromatic nitrogens is 1. The van der Waals surface area contributed by atoms with Crippen LogP contribution in [0.3, 0.4) is 0 Å². The van der Waals surface area contributed by atoms with E-state index in [4.69, 9.17) is 4.74 Å². The number of nitrogens with zero attached hydrogens (tertiary/aromatic N) is 1. The van der Waals surface area contributed by atoms with E-state index in [1.165, 1.54) is 17.4 Å². The van der Waals surface area contributed by atoms with Gasteiger partial charge in [0.1, 0.15) is 5.75 Å². The number of halogens is 2. The summed E-state index contributed by atoms with van der Waals surface area (Å²) >= 11 is 8.25. The maximum atomic E-state index is 12.2. The first-order valence-electron chi connectivity index (χ1n) is 8.18. The molecule has 27 heavy (non-hydrogen) atoms. The zero-order chi connectivity index (χ0) is 19.2. The first-order valence-corrected chi connectivity index (χ1v) is 10.6. The fourth-order valence-electron chi connectivity index (χ4n) is 2.33. The van der Waals surface area contributed by atoms with Gasteiger partial charge in [-0.3, -0.25) is 10.1 Å². The summed E-state index contributed by atoms with van der Waals surface area (Å²) in [6.07, 6.45) is 3.21. The lowest BCUT2D eigenvalue weighted by Gasteiger charge is -2.07. The number of anilines is 1. The second-order valence-electron chi connectivity index (χ2n) is 5.48. The molecule has 1 amide bonds. The molecule has 0 radical (unpaired) electrons. The van der Waals surface area contributed by atoms with Crippen LogP contribution >= 0.6 is 43.2 Å². The highest BCUT2D eigenvalue weighted by atomic mass is 79.9. The van der Waals surface area contributed by atoms with Crippen molar-refractivity contribution in [2.75, 3.05) is 11.9 Å². The van der Waals surface area contributed by atoms with E-state index in [0.717, 1.165) is 31.5 Å². The second kappa shape index (κ2) is 9.30. The molecule has 0 unspecified atom stereocenters. The molecule has 0 aliphatic rings. The van der Waals surface area contributed by atoms with Crippen molar-refractivity contribution in [2.45, 2.75) is 6.92 Å². The largest absolute Gasteiger partial charge is 0.493 e. The predicted octanol–water partition coefficient (Wildman–Crippen LogP) is 6.39. The Bertz CT molecular complexity index is 968. The number of hydrogen-bond donors (Lipinski definition) is 1. The summed E-state index contributed by atoms with van der Waals surface area (Å²) in [5.74, 6) is 0.491. The van der Waals surface area contributed by atoms with E-state index in [2.05, 4.69) is 42.2 Å². The van der Waals surface area contributed by atoms with Gasteiger partial charge in [-0.2, -0.15) is 0 Å². The Kier molecular flexibility index (Phi) is 6.82. The van der Waals surface area contributed by atoms with Gasteiger partial charge in [-0.1, -0.05) is 44.0 Å². The molecule has 0 bridgehead atoms. The van der Waals surface area contributed by atoms with Crippen molar-refractivity contribution in [3.05, 3.63) is 68.4 Å². The Hall–Kier alpha value is -1.96. The average Bonchev–Trinajstić information content (AvgIpc) is 3.11. The molecule has 0 spiro atoms. The van der Waals surface area contributed by atoms with Crippen LogP contribution in [-0.4, -0.2) is 17.5 Å². The summed E-state index contributed by atoms with van der Waals surface area (Å²) in [6.45, 7) is 2.49. The quantitative estimate of drug-likeness (QED) is 0.393. The molecule has 138 valence electrons. The Morgan fingerprint density at radius 2 is 1.93 bits per heavy atom. The lowest BCUT2D eigenvalue weighted by Crippen LogP contribution is -2.07. The number of rotatable bonds is 6. The van der Waals surface area contributed by atoms with Crippen molar-refractivity contribution in [1.82, 2.24) is 4.98 Å². The average molecular weight is 508 g/mol. The highest BCUT2D eigenvalue weighted by Crippen LogP contribution is 2.27. The van der Waals surface area contributed by atoms with E-state index in [1.54, 1.807) is 6.08 Å². The van der Waals surface area contributed by atoms with Crippen LogP contribution in [0, 0.1) is 0 Å². The van der Waals surface area contributed by atoms with Crippen molar-refractivity contribution < 1.29 is 9.53 Å². The van der Waals surface area contributed by atoms with Crippen molar-refractivity contribution >= 4 is 60.3 Å². The van der Waals surface area contributed by atoms with Crippen LogP contribution in [0.5, 0.6) is 5.75 Å². The number of thiazole rings is 1. The summed E-state index contributed by atoms with van der Waals surface area (Å²) < 4.78 is 7.52. The molecule has 0 atom stereocenters. The first kappa shape index (κ1) is 19.8. The number of carbonyl (C=O) groups is 1. The van der Waals surface area contributed by atoms with Crippen LogP contribution < -0.4 is 10.1 Å². The lowest BCUT2D eigenvalue weighted by molar-refractivity contribution is -0.111. The van der Waals surface area contributed by atoms with E-state index >= 15 is 0 Å². The number of ether oxygens (including phenoxy) is 1. The predicted molar refractivity (Wildman–Crippen MR) is 118 cm³/mol. The number of amides is 1. The monoisotopic (exact) mass is 506 g/mol. The van der Waals surface area contributed by atoms with Gasteiger partial charge in [0, 0.05) is 31.5 Å². The molecular formula is C20H16Br2N2O2S. The van der Waals surface area contributed by atoms with Crippen LogP contribution in [0.15, 0.2) is 62.9 Å². The summed E-state index contributed by atoms with van der Waals surface area (Å²) in [4.78, 5) is 16.7. The summed E-state index contributed by atoms with van der Waals surface area (Å²) in [6, 6.07) is 13.6. The zero-order valence-electron chi connectivity index (χ0n) is 14.4. The third-order valence-electron chi connectivity index (χ3n) is 3.56. The van der Waals surface area contributed by atoms with Gasteiger partial charge in [-0.05, 0) is 43.3 Å². The highest BCUT2D eigenvalue weighted by molar-refractivity contribution is 9.10. The first-order chi connectivity index (χ1) is 13.0. The number of benzene rings is 2. The molecule has 0 aliphatic carbocycles. The molecule has 7 heteroatoms. The normalized spacial score (nSPS) is 10.9. The van der Waals surface area contributed by atoms with Crippen LogP contribution in [-0.2, 0) is 4.79 Å². The van der Waals surface area contributed by atoms with Gasteiger partial charge < -0.3 is 4.74 Å². The molecule has 3 aromatic rings. The van der Waals surface area contributed by atoms with Crippen molar-refractivity contribution in [1.29, 1.82) is 0 Å². The van der Waals surface area contributed by atoms with Gasteiger partial charge in [0.2, 0.25) is 5.91 Å². The van der Waals surface area contributed by atoms with Crippen LogP contribution in [0.2, 0.25) is 0 Å². The lowest BCUT2D eigenvalue weighted by atomic mass is 10.2. The molecule has 4 nitrogen and oxygen atoms in total. The second-order valence-corrected chi connectivity index (χ2v) is 8.17. The highest BCUT2D eigenvalue weighted by Gasteiger charge is 2.07. The third kappa shape index (κ3) is 5.51. The van der Waals surface area contributed by atoms with E-state index in [0.29, 0.717) is 11.7 Å². The van der Waals surface area contributed by atoms with Crippen molar-refractivity contribution in [3.63, 3.8) is 0 Å². The topological polar surface area (TPSA) is 51.2 Å². The van der Waals surface area contributed by atoms with Crippen molar-refractivity contribution in [2.24, 2.45) is 0 Å². The Balaban J connectivity index is 1.69. The number of nitrogens with one attached hydrogen (secondary N) is 1. The van der Waals surface area contributed by atoms with Crippen LogP contribution in [0.25, 0.3) is 17.3 Å². The van der Waals surface area contributed by atoms with E-state index in [1.807, 2.05) is 54.8 Å². The summed E-state index contributed by atoms with van der Waals surface area (Å²) in [5.41, 5.74) is 2.66. The fourth-order valence-corrected chi connectivity index (χ4v) is 3.70. The molecule has 2 aromatic carbocycles. The minimum absolute atomic E-state index is 0.242. The minimum Gasteiger partial charge on any atom is -0.493 e. The molecule has 3 rings (SSSR count). The molecule has 0 aliphatic heterocycles. The molecular weight excluding hydrogens is 492 g/mol. The van der Waals surface area contributed by atoms with Gasteiger partial charge in [-0.15, -0.1) is 11.3 Å². The number of carbonyl (C=O) groups excluding carboxylic acids is 1. The molecule has 1 heterocycles. The Labute approximate surface area is 178 Å². The van der Waals surface area contributed by atoms with Gasteiger partial charge in [-0.25, -0.2) is 4.98 Å².